The van der Waals surface area contributed by atoms with E-state index in [0.717, 1.165) is 45.4 Å². The lowest BCUT2D eigenvalue weighted by atomic mass is 9.76. The van der Waals surface area contributed by atoms with Gasteiger partial charge in [-0.25, -0.2) is 0 Å². The van der Waals surface area contributed by atoms with Gasteiger partial charge in [-0.2, -0.15) is 5.26 Å². The Labute approximate surface area is 161 Å². The van der Waals surface area contributed by atoms with Crippen LogP contribution < -0.4 is 0 Å². The van der Waals surface area contributed by atoms with Gasteiger partial charge in [0.25, 0.3) is 0 Å². The summed E-state index contributed by atoms with van der Waals surface area (Å²) in [6.07, 6.45) is 5.20. The number of aliphatic carboxylic acids is 1. The number of pyridine rings is 1. The highest BCUT2D eigenvalue weighted by molar-refractivity contribution is 7.99. The van der Waals surface area contributed by atoms with Gasteiger partial charge >= 0.3 is 5.97 Å². The number of hydrogen-bond acceptors (Lipinski definition) is 4. The summed E-state index contributed by atoms with van der Waals surface area (Å²) < 4.78 is 0. The molecular weight excluding hydrogens is 356 g/mol. The number of hydrogen-bond donors (Lipinski definition) is 1. The standard InChI is InChI=1S/C22H18N2O2S/c23-11-15-5-6-19(18-4-2-1-3-17(15)18)20-12-24-8-7-21(20)27-13-14-9-16(10-14)22(25)26/h1-8,12,14,16H,9-10,13H2,(H,25,26)/t14-,16-. The first-order chi connectivity index (χ1) is 13.2. The average Bonchev–Trinajstić information content (AvgIpc) is 2.66. The molecular formula is C22H18N2O2S. The molecule has 4 nitrogen and oxygen atoms in total. The van der Waals surface area contributed by atoms with Crippen molar-refractivity contribution in [3.05, 3.63) is 60.4 Å². The first-order valence-corrected chi connectivity index (χ1v) is 9.87. The van der Waals surface area contributed by atoms with Crippen molar-refractivity contribution in [1.82, 2.24) is 4.98 Å². The van der Waals surface area contributed by atoms with Crippen LogP contribution in [-0.2, 0) is 4.79 Å². The van der Waals surface area contributed by atoms with Crippen LogP contribution in [0.1, 0.15) is 18.4 Å². The van der Waals surface area contributed by atoms with E-state index in [2.05, 4.69) is 11.1 Å². The lowest BCUT2D eigenvalue weighted by Gasteiger charge is -2.32. The smallest absolute Gasteiger partial charge is 0.306 e. The molecule has 1 fully saturated rings. The zero-order valence-electron chi connectivity index (χ0n) is 14.6. The van der Waals surface area contributed by atoms with Crippen LogP contribution in [0.25, 0.3) is 21.9 Å². The summed E-state index contributed by atoms with van der Waals surface area (Å²) in [5.41, 5.74) is 2.79. The highest BCUT2D eigenvalue weighted by atomic mass is 32.2. The molecule has 0 atom stereocenters. The van der Waals surface area contributed by atoms with Crippen LogP contribution in [0.3, 0.4) is 0 Å². The molecule has 27 heavy (non-hydrogen) atoms. The minimum atomic E-state index is -0.676. The Hall–Kier alpha value is -2.84. The Morgan fingerprint density at radius 2 is 1.93 bits per heavy atom. The maximum absolute atomic E-state index is 11.0. The molecule has 0 bridgehead atoms. The van der Waals surface area contributed by atoms with E-state index in [1.807, 2.05) is 48.7 Å². The number of thioether (sulfide) groups is 1. The van der Waals surface area contributed by atoms with Crippen molar-refractivity contribution in [3.63, 3.8) is 0 Å². The fraction of sp³-hybridized carbons (Fsp3) is 0.227. The van der Waals surface area contributed by atoms with Gasteiger partial charge in [-0.3, -0.25) is 9.78 Å². The number of fused-ring (bicyclic) bond motifs is 1. The van der Waals surface area contributed by atoms with E-state index in [4.69, 9.17) is 5.11 Å². The Morgan fingerprint density at radius 3 is 2.67 bits per heavy atom. The van der Waals surface area contributed by atoms with E-state index in [0.29, 0.717) is 11.5 Å². The molecule has 1 saturated carbocycles. The molecule has 0 radical (unpaired) electrons. The van der Waals surface area contributed by atoms with Crippen molar-refractivity contribution in [2.75, 3.05) is 5.75 Å². The minimum absolute atomic E-state index is 0.171. The highest BCUT2D eigenvalue weighted by Gasteiger charge is 2.34. The number of rotatable bonds is 5. The molecule has 0 amide bonds. The van der Waals surface area contributed by atoms with Crippen LogP contribution in [0.15, 0.2) is 59.8 Å². The zero-order chi connectivity index (χ0) is 18.8. The molecule has 1 aromatic heterocycles. The van der Waals surface area contributed by atoms with Gasteiger partial charge in [0.05, 0.1) is 17.6 Å². The summed E-state index contributed by atoms with van der Waals surface area (Å²) in [7, 11) is 0. The van der Waals surface area contributed by atoms with E-state index in [-0.39, 0.29) is 5.92 Å². The third kappa shape index (κ3) is 3.41. The molecule has 0 saturated heterocycles. The Morgan fingerprint density at radius 1 is 1.15 bits per heavy atom. The zero-order valence-corrected chi connectivity index (χ0v) is 15.4. The molecule has 1 heterocycles. The summed E-state index contributed by atoms with van der Waals surface area (Å²) in [6, 6.07) is 16.1. The maximum atomic E-state index is 11.0. The summed E-state index contributed by atoms with van der Waals surface area (Å²) in [4.78, 5) is 16.4. The largest absolute Gasteiger partial charge is 0.481 e. The van der Waals surface area contributed by atoms with E-state index >= 15 is 0 Å². The lowest BCUT2D eigenvalue weighted by Crippen LogP contribution is -2.31. The molecule has 0 aliphatic heterocycles. The van der Waals surface area contributed by atoms with Crippen molar-refractivity contribution in [3.8, 4) is 17.2 Å². The second kappa shape index (κ2) is 7.42. The maximum Gasteiger partial charge on any atom is 0.306 e. The van der Waals surface area contributed by atoms with Crippen molar-refractivity contribution in [2.24, 2.45) is 11.8 Å². The molecule has 5 heteroatoms. The number of nitrogens with zero attached hydrogens (tertiary/aromatic N) is 2. The first kappa shape index (κ1) is 17.6. The lowest BCUT2D eigenvalue weighted by molar-refractivity contribution is -0.145. The van der Waals surface area contributed by atoms with Crippen molar-refractivity contribution in [2.45, 2.75) is 17.7 Å². The second-order valence-corrected chi connectivity index (χ2v) is 7.94. The minimum Gasteiger partial charge on any atom is -0.481 e. The van der Waals surface area contributed by atoms with Gasteiger partial charge in [-0.15, -0.1) is 11.8 Å². The molecule has 4 rings (SSSR count). The molecule has 0 unspecified atom stereocenters. The third-order valence-electron chi connectivity index (χ3n) is 5.18. The van der Waals surface area contributed by atoms with Crippen LogP contribution in [0.4, 0.5) is 0 Å². The van der Waals surface area contributed by atoms with E-state index in [9.17, 15) is 10.1 Å². The SMILES string of the molecule is N#Cc1ccc(-c2cnccc2SC[C@H]2C[C@H](C(=O)O)C2)c2ccccc12. The number of carboxylic acids is 1. The van der Waals surface area contributed by atoms with Gasteiger partial charge in [0.15, 0.2) is 0 Å². The van der Waals surface area contributed by atoms with Crippen LogP contribution in [0.5, 0.6) is 0 Å². The number of aromatic nitrogens is 1. The first-order valence-electron chi connectivity index (χ1n) is 8.89. The summed E-state index contributed by atoms with van der Waals surface area (Å²) in [5, 5.41) is 20.4. The molecule has 2 aromatic carbocycles. The number of carbonyl (C=O) groups is 1. The number of carboxylic acid groups (broad SMARTS) is 1. The number of benzene rings is 2. The summed E-state index contributed by atoms with van der Waals surface area (Å²) >= 11 is 1.76. The predicted octanol–water partition coefficient (Wildman–Crippen LogP) is 4.98. The van der Waals surface area contributed by atoms with Gasteiger partial charge < -0.3 is 5.11 Å². The topological polar surface area (TPSA) is 74.0 Å². The van der Waals surface area contributed by atoms with Gasteiger partial charge in [-0.1, -0.05) is 30.3 Å². The van der Waals surface area contributed by atoms with Gasteiger partial charge in [0, 0.05) is 34.0 Å². The third-order valence-corrected chi connectivity index (χ3v) is 6.48. The van der Waals surface area contributed by atoms with Crippen LogP contribution in [-0.4, -0.2) is 21.8 Å². The summed E-state index contributed by atoms with van der Waals surface area (Å²) in [5.74, 6) is 0.518. The van der Waals surface area contributed by atoms with Gasteiger partial charge in [0.1, 0.15) is 0 Å². The van der Waals surface area contributed by atoms with E-state index in [1.54, 1.807) is 18.0 Å². The quantitative estimate of drug-likeness (QED) is 0.638. The molecule has 1 aliphatic carbocycles. The van der Waals surface area contributed by atoms with Gasteiger partial charge in [-0.05, 0) is 41.8 Å². The highest BCUT2D eigenvalue weighted by Crippen LogP contribution is 2.41. The van der Waals surface area contributed by atoms with Crippen molar-refractivity contribution in [1.29, 1.82) is 5.26 Å². The van der Waals surface area contributed by atoms with Crippen LogP contribution in [0.2, 0.25) is 0 Å². The van der Waals surface area contributed by atoms with E-state index < -0.39 is 5.97 Å². The number of nitriles is 1. The normalized spacial score (nSPS) is 18.6. The fourth-order valence-electron chi connectivity index (χ4n) is 3.62. The Bertz CT molecular complexity index is 1050. The fourth-order valence-corrected chi connectivity index (χ4v) is 4.78. The van der Waals surface area contributed by atoms with E-state index in [1.165, 1.54) is 0 Å². The predicted molar refractivity (Wildman–Crippen MR) is 106 cm³/mol. The Kier molecular flexibility index (Phi) is 4.83. The molecule has 0 spiro atoms. The summed E-state index contributed by atoms with van der Waals surface area (Å²) in [6.45, 7) is 0. The van der Waals surface area contributed by atoms with Crippen molar-refractivity contribution < 1.29 is 9.90 Å². The molecule has 134 valence electrons. The van der Waals surface area contributed by atoms with Crippen LogP contribution >= 0.6 is 11.8 Å². The molecule has 1 N–H and O–H groups in total. The second-order valence-electron chi connectivity index (χ2n) is 6.87. The van der Waals surface area contributed by atoms with Gasteiger partial charge in [0.2, 0.25) is 0 Å². The van der Waals surface area contributed by atoms with Crippen molar-refractivity contribution >= 4 is 28.5 Å². The average molecular weight is 374 g/mol. The molecule has 1 aliphatic rings. The monoisotopic (exact) mass is 374 g/mol. The molecule has 3 aromatic rings. The Balaban J connectivity index is 1.63. The van der Waals surface area contributed by atoms with Crippen LogP contribution in [0, 0.1) is 23.2 Å².